The first-order valence-electron chi connectivity index (χ1n) is 3.99. The number of hydrogen-bond donors (Lipinski definition) is 2. The highest BCUT2D eigenvalue weighted by atomic mass is 79.9. The summed E-state index contributed by atoms with van der Waals surface area (Å²) in [7, 11) is 0. The molecule has 1 rings (SSSR count). The van der Waals surface area contributed by atoms with Crippen LogP contribution in [0.3, 0.4) is 0 Å². The number of rotatable bonds is 2. The number of halogens is 1. The Hall–Kier alpha value is -0.840. The molecule has 72 valence electrons. The van der Waals surface area contributed by atoms with Crippen molar-refractivity contribution in [1.29, 1.82) is 0 Å². The highest BCUT2D eigenvalue weighted by molar-refractivity contribution is 9.10. The number of aromatic amines is 1. The van der Waals surface area contributed by atoms with Crippen LogP contribution >= 0.6 is 15.9 Å². The molecule has 0 saturated carbocycles. The van der Waals surface area contributed by atoms with Crippen LogP contribution in [0.2, 0.25) is 0 Å². The van der Waals surface area contributed by atoms with E-state index in [0.29, 0.717) is 5.82 Å². The van der Waals surface area contributed by atoms with Gasteiger partial charge >= 0.3 is 0 Å². The van der Waals surface area contributed by atoms with E-state index in [1.165, 1.54) is 0 Å². The molecule has 1 aromatic rings. The molecule has 0 saturated heterocycles. The standard InChI is InChI=1S/C8H12BrN3O/c1-4-6(3)11-12-7(4)10-8(13)5(2)9/h5H,1-3H3,(H2,10,11,12,13). The SMILES string of the molecule is Cc1[nH]nc(NC(=O)C(C)Br)c1C. The zero-order valence-electron chi connectivity index (χ0n) is 7.81. The fourth-order valence-corrected chi connectivity index (χ4v) is 0.937. The molecule has 1 amide bonds. The van der Waals surface area contributed by atoms with Gasteiger partial charge in [0.25, 0.3) is 0 Å². The largest absolute Gasteiger partial charge is 0.308 e. The molecule has 0 bridgehead atoms. The normalized spacial score (nSPS) is 12.6. The van der Waals surface area contributed by atoms with Crippen LogP contribution in [-0.4, -0.2) is 20.9 Å². The number of amides is 1. The number of carbonyl (C=O) groups is 1. The second-order valence-corrected chi connectivity index (χ2v) is 4.30. The molecule has 1 atom stereocenters. The molecule has 0 fully saturated rings. The summed E-state index contributed by atoms with van der Waals surface area (Å²) < 4.78 is 0. The third kappa shape index (κ3) is 2.30. The Morgan fingerprint density at radius 3 is 2.62 bits per heavy atom. The maximum absolute atomic E-state index is 11.3. The molecule has 5 heteroatoms. The smallest absolute Gasteiger partial charge is 0.239 e. The predicted molar refractivity (Wildman–Crippen MR) is 55.1 cm³/mol. The third-order valence-electron chi connectivity index (χ3n) is 1.86. The molecule has 0 aliphatic heterocycles. The van der Waals surface area contributed by atoms with Crippen molar-refractivity contribution in [2.24, 2.45) is 0 Å². The van der Waals surface area contributed by atoms with Crippen LogP contribution in [0.5, 0.6) is 0 Å². The lowest BCUT2D eigenvalue weighted by atomic mass is 10.3. The summed E-state index contributed by atoms with van der Waals surface area (Å²) in [5.41, 5.74) is 1.94. The first-order valence-corrected chi connectivity index (χ1v) is 4.90. The quantitative estimate of drug-likeness (QED) is 0.781. The number of carbonyl (C=O) groups excluding carboxylic acids is 1. The van der Waals surface area contributed by atoms with Gasteiger partial charge in [0.05, 0.1) is 4.83 Å². The molecule has 0 spiro atoms. The highest BCUT2D eigenvalue weighted by Gasteiger charge is 2.12. The number of anilines is 1. The van der Waals surface area contributed by atoms with E-state index < -0.39 is 0 Å². The Labute approximate surface area is 85.2 Å². The average molecular weight is 246 g/mol. The summed E-state index contributed by atoms with van der Waals surface area (Å²) >= 11 is 3.18. The molecule has 2 N–H and O–H groups in total. The van der Waals surface area contributed by atoms with Crippen molar-refractivity contribution < 1.29 is 4.79 Å². The van der Waals surface area contributed by atoms with Crippen molar-refractivity contribution in [3.05, 3.63) is 11.3 Å². The first kappa shape index (κ1) is 10.2. The Balaban J connectivity index is 2.75. The molecule has 0 aliphatic rings. The van der Waals surface area contributed by atoms with Crippen molar-refractivity contribution in [3.8, 4) is 0 Å². The number of H-pyrrole nitrogens is 1. The zero-order valence-corrected chi connectivity index (χ0v) is 9.40. The Morgan fingerprint density at radius 2 is 2.23 bits per heavy atom. The fourth-order valence-electron chi connectivity index (χ4n) is 0.823. The van der Waals surface area contributed by atoms with Crippen molar-refractivity contribution in [2.75, 3.05) is 5.32 Å². The minimum Gasteiger partial charge on any atom is -0.308 e. The molecule has 1 unspecified atom stereocenters. The first-order chi connectivity index (χ1) is 6.02. The maximum atomic E-state index is 11.3. The number of nitrogens with zero attached hydrogens (tertiary/aromatic N) is 1. The Kier molecular flexibility index (Phi) is 3.08. The lowest BCUT2D eigenvalue weighted by molar-refractivity contribution is -0.115. The number of aromatic nitrogens is 2. The maximum Gasteiger partial charge on any atom is 0.239 e. The Morgan fingerprint density at radius 1 is 1.62 bits per heavy atom. The van der Waals surface area contributed by atoms with Gasteiger partial charge in [0.2, 0.25) is 5.91 Å². The van der Waals surface area contributed by atoms with E-state index in [4.69, 9.17) is 0 Å². The van der Waals surface area contributed by atoms with E-state index >= 15 is 0 Å². The van der Waals surface area contributed by atoms with Crippen LogP contribution in [0.15, 0.2) is 0 Å². The number of aryl methyl sites for hydroxylation is 1. The van der Waals surface area contributed by atoms with Crippen LogP contribution in [0.1, 0.15) is 18.2 Å². The van der Waals surface area contributed by atoms with Gasteiger partial charge in [0.15, 0.2) is 5.82 Å². The highest BCUT2D eigenvalue weighted by Crippen LogP contribution is 2.14. The van der Waals surface area contributed by atoms with Gasteiger partial charge in [0.1, 0.15) is 0 Å². The van der Waals surface area contributed by atoms with Gasteiger partial charge in [-0.2, -0.15) is 5.10 Å². The monoisotopic (exact) mass is 245 g/mol. The van der Waals surface area contributed by atoms with Gasteiger partial charge in [-0.15, -0.1) is 0 Å². The Bertz CT molecular complexity index is 319. The molecular formula is C8H12BrN3O. The lowest BCUT2D eigenvalue weighted by Gasteiger charge is -2.03. The van der Waals surface area contributed by atoms with Gasteiger partial charge in [-0.3, -0.25) is 9.89 Å². The van der Waals surface area contributed by atoms with Gasteiger partial charge in [-0.1, -0.05) is 15.9 Å². The van der Waals surface area contributed by atoms with Crippen LogP contribution in [0, 0.1) is 13.8 Å². The molecule has 1 heterocycles. The summed E-state index contributed by atoms with van der Waals surface area (Å²) in [5, 5.41) is 9.46. The van der Waals surface area contributed by atoms with Crippen LogP contribution < -0.4 is 5.32 Å². The summed E-state index contributed by atoms with van der Waals surface area (Å²) in [6.07, 6.45) is 0. The summed E-state index contributed by atoms with van der Waals surface area (Å²) in [6.45, 7) is 5.59. The van der Waals surface area contributed by atoms with Crippen LogP contribution in [-0.2, 0) is 4.79 Å². The van der Waals surface area contributed by atoms with E-state index in [1.807, 2.05) is 13.8 Å². The molecular weight excluding hydrogens is 234 g/mol. The van der Waals surface area contributed by atoms with Crippen molar-refractivity contribution in [2.45, 2.75) is 25.6 Å². The van der Waals surface area contributed by atoms with Crippen LogP contribution in [0.25, 0.3) is 0 Å². The third-order valence-corrected chi connectivity index (χ3v) is 2.27. The lowest BCUT2D eigenvalue weighted by Crippen LogP contribution is -2.20. The second-order valence-electron chi connectivity index (χ2n) is 2.93. The van der Waals surface area contributed by atoms with E-state index in [2.05, 4.69) is 31.4 Å². The predicted octanol–water partition coefficient (Wildman–Crippen LogP) is 1.75. The number of hydrogen-bond acceptors (Lipinski definition) is 2. The number of alkyl halides is 1. The average Bonchev–Trinajstić information content (AvgIpc) is 2.36. The van der Waals surface area contributed by atoms with E-state index in [1.54, 1.807) is 6.92 Å². The van der Waals surface area contributed by atoms with Gasteiger partial charge in [-0.25, -0.2) is 0 Å². The fraction of sp³-hybridized carbons (Fsp3) is 0.500. The van der Waals surface area contributed by atoms with E-state index in [0.717, 1.165) is 11.3 Å². The number of nitrogens with one attached hydrogen (secondary N) is 2. The van der Waals surface area contributed by atoms with Crippen LogP contribution in [0.4, 0.5) is 5.82 Å². The molecule has 13 heavy (non-hydrogen) atoms. The van der Waals surface area contributed by atoms with E-state index in [-0.39, 0.29) is 10.7 Å². The molecule has 1 aromatic heterocycles. The van der Waals surface area contributed by atoms with Crippen molar-refractivity contribution >= 4 is 27.7 Å². The summed E-state index contributed by atoms with van der Waals surface area (Å²) in [5.74, 6) is 0.517. The zero-order chi connectivity index (χ0) is 10.0. The van der Waals surface area contributed by atoms with Gasteiger partial charge < -0.3 is 5.32 Å². The minimum absolute atomic E-state index is 0.0883. The molecule has 4 nitrogen and oxygen atoms in total. The van der Waals surface area contributed by atoms with Gasteiger partial charge in [-0.05, 0) is 20.8 Å². The minimum atomic E-state index is -0.205. The topological polar surface area (TPSA) is 57.8 Å². The summed E-state index contributed by atoms with van der Waals surface area (Å²) in [4.78, 5) is 11.1. The van der Waals surface area contributed by atoms with Crippen molar-refractivity contribution in [1.82, 2.24) is 10.2 Å². The second kappa shape index (κ2) is 3.91. The molecule has 0 radical (unpaired) electrons. The summed E-state index contributed by atoms with van der Waals surface area (Å²) in [6, 6.07) is 0. The molecule has 0 aliphatic carbocycles. The van der Waals surface area contributed by atoms with Crippen molar-refractivity contribution in [3.63, 3.8) is 0 Å². The van der Waals surface area contributed by atoms with Gasteiger partial charge in [0, 0.05) is 11.3 Å². The molecule has 0 aromatic carbocycles. The van der Waals surface area contributed by atoms with E-state index in [9.17, 15) is 4.79 Å².